The van der Waals surface area contributed by atoms with Crippen molar-refractivity contribution in [3.63, 3.8) is 0 Å². The minimum atomic E-state index is -3.43. The quantitative estimate of drug-likeness (QED) is 0.421. The van der Waals surface area contributed by atoms with Gasteiger partial charge in [0.1, 0.15) is 11.0 Å². The summed E-state index contributed by atoms with van der Waals surface area (Å²) < 4.78 is 33.7. The van der Waals surface area contributed by atoms with Crippen molar-refractivity contribution in [3.8, 4) is 0 Å². The van der Waals surface area contributed by atoms with Crippen molar-refractivity contribution in [1.29, 1.82) is 0 Å². The van der Waals surface area contributed by atoms with Gasteiger partial charge in [-0.1, -0.05) is 11.8 Å². The molecule has 0 spiro atoms. The number of thioether (sulfide) groups is 1. The molecular weight excluding hydrogens is 436 g/mol. The predicted molar refractivity (Wildman–Crippen MR) is 111 cm³/mol. The van der Waals surface area contributed by atoms with E-state index in [1.54, 1.807) is 18.2 Å². The highest BCUT2D eigenvalue weighted by Gasteiger charge is 2.31. The molecule has 2 aliphatic rings. The molecule has 29 heavy (non-hydrogen) atoms. The van der Waals surface area contributed by atoms with Gasteiger partial charge in [0.05, 0.1) is 16.8 Å². The molecule has 2 saturated heterocycles. The van der Waals surface area contributed by atoms with E-state index in [0.717, 1.165) is 22.0 Å². The van der Waals surface area contributed by atoms with Crippen LogP contribution in [0, 0.1) is 5.92 Å². The second-order valence-electron chi connectivity index (χ2n) is 6.84. The summed E-state index contributed by atoms with van der Waals surface area (Å²) in [6.45, 7) is 1.49. The van der Waals surface area contributed by atoms with Crippen molar-refractivity contribution < 1.29 is 22.7 Å². The van der Waals surface area contributed by atoms with Crippen LogP contribution in [-0.2, 0) is 24.3 Å². The molecule has 156 valence electrons. The van der Waals surface area contributed by atoms with Gasteiger partial charge in [0, 0.05) is 24.9 Å². The molecule has 2 unspecified atom stereocenters. The molecule has 2 amide bonds. The summed E-state index contributed by atoms with van der Waals surface area (Å²) in [6.07, 6.45) is 1.17. The van der Waals surface area contributed by atoms with Crippen LogP contribution in [0.4, 0.5) is 5.69 Å². The molecule has 9 nitrogen and oxygen atoms in total. The lowest BCUT2D eigenvalue weighted by Crippen LogP contribution is -2.35. The number of benzene rings is 1. The summed E-state index contributed by atoms with van der Waals surface area (Å²) in [5, 5.41) is 5.29. The van der Waals surface area contributed by atoms with Gasteiger partial charge in [0.2, 0.25) is 21.8 Å². The number of anilines is 1. The maximum atomic E-state index is 12.3. The van der Waals surface area contributed by atoms with E-state index < -0.39 is 15.9 Å². The van der Waals surface area contributed by atoms with Crippen molar-refractivity contribution in [3.05, 3.63) is 18.2 Å². The monoisotopic (exact) mass is 456 g/mol. The number of nitrogens with one attached hydrogen (secondary N) is 3. The largest absolute Gasteiger partial charge is 0.380 e. The van der Waals surface area contributed by atoms with Crippen LogP contribution in [0.3, 0.4) is 0 Å². The lowest BCUT2D eigenvalue weighted by Gasteiger charge is -2.10. The van der Waals surface area contributed by atoms with E-state index in [2.05, 4.69) is 20.3 Å². The maximum Gasteiger partial charge on any atom is 0.237 e. The third-order valence-corrected chi connectivity index (χ3v) is 8.77. The number of sulfonamides is 1. The fraction of sp³-hybridized carbons (Fsp3) is 0.471. The number of aromatic nitrogens is 1. The molecule has 0 aliphatic carbocycles. The number of fused-ring (bicyclic) bond motifs is 1. The summed E-state index contributed by atoms with van der Waals surface area (Å²) in [7, 11) is -3.43. The van der Waals surface area contributed by atoms with Gasteiger partial charge in [-0.2, -0.15) is 0 Å². The minimum absolute atomic E-state index is 0.121. The molecule has 3 N–H and O–H groups in total. The zero-order chi connectivity index (χ0) is 20.4. The normalized spacial score (nSPS) is 22.1. The first-order valence-corrected chi connectivity index (χ1v) is 12.5. The van der Waals surface area contributed by atoms with Gasteiger partial charge in [-0.25, -0.2) is 18.1 Å². The van der Waals surface area contributed by atoms with Crippen LogP contribution in [0.1, 0.15) is 12.8 Å². The van der Waals surface area contributed by atoms with E-state index >= 15 is 0 Å². The van der Waals surface area contributed by atoms with Gasteiger partial charge in [-0.05, 0) is 31.0 Å². The lowest BCUT2D eigenvalue weighted by molar-refractivity contribution is -0.130. The molecule has 2 aromatic rings. The number of hydrogen-bond donors (Lipinski definition) is 3. The summed E-state index contributed by atoms with van der Waals surface area (Å²) in [6, 6.07) is 5.11. The maximum absolute atomic E-state index is 12.3. The summed E-state index contributed by atoms with van der Waals surface area (Å²) in [4.78, 5) is 28.3. The Balaban J connectivity index is 1.39. The molecule has 2 atom stereocenters. The number of amides is 2. The Morgan fingerprint density at radius 2 is 2.24 bits per heavy atom. The van der Waals surface area contributed by atoms with Gasteiger partial charge >= 0.3 is 0 Å². The number of thiazole rings is 1. The Bertz CT molecular complexity index is 1030. The van der Waals surface area contributed by atoms with Crippen molar-refractivity contribution in [2.24, 2.45) is 5.92 Å². The first-order valence-electron chi connectivity index (χ1n) is 9.09. The van der Waals surface area contributed by atoms with Crippen LogP contribution >= 0.6 is 23.1 Å². The third-order valence-electron chi connectivity index (χ3n) is 4.62. The molecule has 12 heteroatoms. The van der Waals surface area contributed by atoms with E-state index in [1.165, 1.54) is 11.3 Å². The number of rotatable bonds is 7. The average molecular weight is 457 g/mol. The molecule has 0 radical (unpaired) electrons. The fourth-order valence-electron chi connectivity index (χ4n) is 3.16. The second-order valence-corrected chi connectivity index (χ2v) is 11.2. The average Bonchev–Trinajstić information content (AvgIpc) is 3.40. The fourth-order valence-corrected chi connectivity index (χ4v) is 6.99. The zero-order valence-corrected chi connectivity index (χ0v) is 17.8. The Labute approximate surface area is 176 Å². The van der Waals surface area contributed by atoms with Crippen LogP contribution in [0.2, 0.25) is 0 Å². The smallest absolute Gasteiger partial charge is 0.237 e. The van der Waals surface area contributed by atoms with Crippen LogP contribution < -0.4 is 15.4 Å². The van der Waals surface area contributed by atoms with Gasteiger partial charge in [0.15, 0.2) is 4.34 Å². The van der Waals surface area contributed by atoms with Crippen molar-refractivity contribution in [1.82, 2.24) is 15.0 Å². The lowest BCUT2D eigenvalue weighted by atomic mass is 10.1. The summed E-state index contributed by atoms with van der Waals surface area (Å²) in [5.41, 5.74) is 1.31. The molecule has 1 aromatic carbocycles. The summed E-state index contributed by atoms with van der Waals surface area (Å²) >= 11 is 2.51. The molecule has 2 fully saturated rings. The number of carbonyl (C=O) groups excluding carboxylic acids is 2. The molecule has 3 heterocycles. The van der Waals surface area contributed by atoms with Crippen LogP contribution in [-0.4, -0.2) is 56.1 Å². The highest BCUT2D eigenvalue weighted by molar-refractivity contribution is 8.12. The Morgan fingerprint density at radius 1 is 1.38 bits per heavy atom. The summed E-state index contributed by atoms with van der Waals surface area (Å²) in [5.74, 6) is -1.24. The van der Waals surface area contributed by atoms with Gasteiger partial charge in [-0.3, -0.25) is 9.59 Å². The number of hydrogen-bond acceptors (Lipinski definition) is 8. The molecule has 4 rings (SSSR count). The molecule has 2 aliphatic heterocycles. The number of nitrogens with zero attached hydrogens (tertiary/aromatic N) is 1. The second kappa shape index (κ2) is 8.56. The molecule has 0 bridgehead atoms. The van der Waals surface area contributed by atoms with Gasteiger partial charge in [0.25, 0.3) is 0 Å². The number of carbonyl (C=O) groups is 2. The van der Waals surface area contributed by atoms with Crippen molar-refractivity contribution in [2.75, 3.05) is 30.2 Å². The molecule has 1 aromatic heterocycles. The zero-order valence-electron chi connectivity index (χ0n) is 15.3. The molecule has 0 saturated carbocycles. The van der Waals surface area contributed by atoms with E-state index in [4.69, 9.17) is 4.74 Å². The highest BCUT2D eigenvalue weighted by Crippen LogP contribution is 2.32. The van der Waals surface area contributed by atoms with E-state index in [0.29, 0.717) is 42.6 Å². The van der Waals surface area contributed by atoms with E-state index in [9.17, 15) is 18.0 Å². The van der Waals surface area contributed by atoms with Crippen molar-refractivity contribution in [2.45, 2.75) is 23.2 Å². The molecular formula is C17H20N4O5S3. The first-order chi connectivity index (χ1) is 13.9. The minimum Gasteiger partial charge on any atom is -0.380 e. The van der Waals surface area contributed by atoms with Gasteiger partial charge < -0.3 is 15.4 Å². The third kappa shape index (κ3) is 5.07. The predicted octanol–water partition coefficient (Wildman–Crippen LogP) is 1.13. The van der Waals surface area contributed by atoms with Crippen LogP contribution in [0.25, 0.3) is 10.2 Å². The van der Waals surface area contributed by atoms with Crippen LogP contribution in [0.15, 0.2) is 22.5 Å². The SMILES string of the molecule is O=C1NCCC1C(=O)Nc1ccc2nc(SCS(=O)(=O)NC3CCOC3)sc2c1. The van der Waals surface area contributed by atoms with Crippen LogP contribution in [0.5, 0.6) is 0 Å². The highest BCUT2D eigenvalue weighted by atomic mass is 32.3. The Hall–Kier alpha value is -1.73. The topological polar surface area (TPSA) is 126 Å². The Morgan fingerprint density at radius 3 is 2.97 bits per heavy atom. The Kier molecular flexibility index (Phi) is 6.06. The van der Waals surface area contributed by atoms with E-state index in [1.807, 2.05) is 0 Å². The number of ether oxygens (including phenoxy) is 1. The first kappa shape index (κ1) is 20.5. The van der Waals surface area contributed by atoms with E-state index in [-0.39, 0.29) is 22.9 Å². The van der Waals surface area contributed by atoms with Crippen molar-refractivity contribution >= 4 is 60.8 Å². The standard InChI is InChI=1S/C17H20N4O5S3/c22-15-12(3-5-18-15)16(23)19-10-1-2-13-14(7-10)28-17(20-13)27-9-29(24,25)21-11-4-6-26-8-11/h1-2,7,11-12,21H,3-6,8-9H2,(H,18,22)(H,19,23). The van der Waals surface area contributed by atoms with Gasteiger partial charge in [-0.15, -0.1) is 11.3 Å².